The van der Waals surface area contributed by atoms with Crippen LogP contribution in [0.2, 0.25) is 0 Å². The molecular formula is C86H123N11O13S2. The zero-order valence-electron chi connectivity index (χ0n) is 68.2. The number of nitrogens with zero attached hydrogens (tertiary/aromatic N) is 3. The summed E-state index contributed by atoms with van der Waals surface area (Å²) in [5, 5.41) is 15.0. The van der Waals surface area contributed by atoms with Crippen LogP contribution in [0.25, 0.3) is 0 Å². The number of hydrogen-bond acceptors (Lipinski definition) is 16. The van der Waals surface area contributed by atoms with E-state index in [0.29, 0.717) is 68.2 Å². The molecule has 7 amide bonds. The molecule has 1 unspecified atom stereocenters. The van der Waals surface area contributed by atoms with Crippen molar-refractivity contribution in [3.8, 4) is 5.75 Å². The average Bonchev–Trinajstić information content (AvgIpc) is 1.36. The minimum Gasteiger partial charge on any atom is -0.487 e. The van der Waals surface area contributed by atoms with Gasteiger partial charge in [-0.15, -0.1) is 11.8 Å². The zero-order valence-corrected chi connectivity index (χ0v) is 69.8. The molecule has 26 heteroatoms. The van der Waals surface area contributed by atoms with Crippen molar-refractivity contribution in [1.29, 1.82) is 0 Å². The van der Waals surface area contributed by atoms with Crippen LogP contribution in [0.4, 0.5) is 0 Å². The number of carbonyl (C=O) groups excluding carboxylic acids is 8. The second-order valence-electron chi connectivity index (χ2n) is 33.4. The van der Waals surface area contributed by atoms with Gasteiger partial charge in [0.05, 0.1) is 27.9 Å². The van der Waals surface area contributed by atoms with Crippen molar-refractivity contribution in [3.63, 3.8) is 0 Å². The van der Waals surface area contributed by atoms with E-state index >= 15 is 24.0 Å². The smallest absolute Gasteiger partial charge is 0.329 e. The van der Waals surface area contributed by atoms with Gasteiger partial charge in [0.1, 0.15) is 59.7 Å². The number of amides is 7. The van der Waals surface area contributed by atoms with Crippen molar-refractivity contribution < 1.29 is 61.0 Å². The summed E-state index contributed by atoms with van der Waals surface area (Å²) in [6.45, 7) is 25.9. The molecule has 10 N–H and O–H groups in total. The van der Waals surface area contributed by atoms with Gasteiger partial charge in [-0.3, -0.25) is 38.6 Å². The lowest BCUT2D eigenvalue weighted by molar-refractivity contribution is -0.155. The predicted octanol–water partition coefficient (Wildman–Crippen LogP) is 9.93. The van der Waals surface area contributed by atoms with Crippen molar-refractivity contribution in [2.24, 2.45) is 40.1 Å². The Hall–Kier alpha value is -8.33. The highest BCUT2D eigenvalue weighted by Gasteiger charge is 2.52. The van der Waals surface area contributed by atoms with Gasteiger partial charge < -0.3 is 62.1 Å². The van der Waals surface area contributed by atoms with E-state index in [4.69, 9.17) is 25.7 Å². The first-order chi connectivity index (χ1) is 53.1. The molecule has 4 aromatic carbocycles. The van der Waals surface area contributed by atoms with E-state index in [9.17, 15) is 22.8 Å². The number of rotatable bonds is 34. The highest BCUT2D eigenvalue weighted by Crippen LogP contribution is 2.49. The predicted molar refractivity (Wildman–Crippen MR) is 437 cm³/mol. The minimum atomic E-state index is -4.17. The van der Waals surface area contributed by atoms with Gasteiger partial charge in [-0.2, -0.15) is 0 Å². The van der Waals surface area contributed by atoms with Crippen molar-refractivity contribution in [2.75, 3.05) is 25.4 Å². The Kier molecular flexibility index (Phi) is 30.3. The Bertz CT molecular complexity index is 4040. The summed E-state index contributed by atoms with van der Waals surface area (Å²) in [5.41, 5.74) is 16.8. The Labute approximate surface area is 667 Å². The molecule has 612 valence electrons. The summed E-state index contributed by atoms with van der Waals surface area (Å²) < 4.78 is 47.6. The Balaban J connectivity index is 0.914. The zero-order chi connectivity index (χ0) is 81.6. The molecule has 0 bridgehead atoms. The molecule has 0 aromatic heterocycles. The fourth-order valence-electron chi connectivity index (χ4n) is 16.3. The molecule has 0 spiro atoms. The number of ether oxygens (including phenoxy) is 3. The van der Waals surface area contributed by atoms with E-state index in [2.05, 4.69) is 42.4 Å². The first-order valence-corrected chi connectivity index (χ1v) is 42.9. The number of benzene rings is 4. The number of hydrogen-bond donors (Lipinski definition) is 8. The van der Waals surface area contributed by atoms with Crippen LogP contribution < -0.4 is 47.5 Å². The highest BCUT2D eigenvalue weighted by atomic mass is 32.2. The Morgan fingerprint density at radius 2 is 1.29 bits per heavy atom. The first-order valence-electron chi connectivity index (χ1n) is 40.4. The Morgan fingerprint density at radius 3 is 1.88 bits per heavy atom. The van der Waals surface area contributed by atoms with Crippen LogP contribution in [0.5, 0.6) is 5.75 Å². The molecule has 3 heterocycles. The van der Waals surface area contributed by atoms with Gasteiger partial charge in [0.15, 0.2) is 0 Å². The van der Waals surface area contributed by atoms with Crippen LogP contribution in [-0.2, 0) is 69.0 Å². The topological polar surface area (TPSA) is 341 Å². The molecule has 0 radical (unpaired) electrons. The number of carbonyl (C=O) groups is 8. The molecule has 112 heavy (non-hydrogen) atoms. The number of nitrogens with two attached hydrogens (primary N) is 2. The van der Waals surface area contributed by atoms with Crippen LogP contribution in [0, 0.1) is 44.4 Å². The molecule has 2 saturated heterocycles. The number of allylic oxidation sites excluding steroid dienone is 1. The first kappa shape index (κ1) is 87.6. The quantitative estimate of drug-likeness (QED) is 0.00538. The monoisotopic (exact) mass is 1580 g/mol. The molecule has 3 fully saturated rings. The molecule has 3 aliphatic heterocycles. The van der Waals surface area contributed by atoms with Gasteiger partial charge in [0.25, 0.3) is 10.0 Å². The fraction of sp³-hybridized carbons (Fsp3) is 0.593. The van der Waals surface area contributed by atoms with E-state index in [1.807, 2.05) is 159 Å². The van der Waals surface area contributed by atoms with E-state index in [-0.39, 0.29) is 91.9 Å². The van der Waals surface area contributed by atoms with Crippen molar-refractivity contribution >= 4 is 75.1 Å². The van der Waals surface area contributed by atoms with Crippen molar-refractivity contribution in [1.82, 2.24) is 41.1 Å². The van der Waals surface area contributed by atoms with E-state index in [0.717, 1.165) is 53.5 Å². The highest BCUT2D eigenvalue weighted by molar-refractivity contribution is 8.00. The maximum Gasteiger partial charge on any atom is 0.329 e. The second-order valence-corrected chi connectivity index (χ2v) is 36.2. The van der Waals surface area contributed by atoms with Crippen LogP contribution in [-0.4, -0.2) is 169 Å². The van der Waals surface area contributed by atoms with Gasteiger partial charge in [0, 0.05) is 43.3 Å². The molecular weight excluding hydrogens is 1460 g/mol. The molecule has 1 saturated carbocycles. The number of guanidine groups is 1. The summed E-state index contributed by atoms with van der Waals surface area (Å²) in [6, 6.07) is 20.4. The molecule has 4 aromatic rings. The third kappa shape index (κ3) is 21.5. The SMILES string of the molecule is CC[C@H](C)[C@H](NC(=O)[C@@H]1C[C@@H]2CCCC[C@@H]2N1C(=O)[C@@H]1CCCN1C(=O)[C@H](CC(C)C)NC(=O)[C@H](COC(C)(C)C)NC(=O)[C@@H](N)CCCN=C(N)NS(=O)(=O)c1c(C)c(C)c2c(c1C)CC(C)(C)O2)C(=O)N[C@@H](CSC(c1ccccc1)(c1ccccc1)c1ccccc1)C(=O)N[C@H](C(=O)OC1CC=CCC1)[C@@H](C)CC. The third-order valence-electron chi connectivity index (χ3n) is 22.9. The lowest BCUT2D eigenvalue weighted by Gasteiger charge is -2.38. The maximum atomic E-state index is 15.8. The van der Waals surface area contributed by atoms with Crippen LogP contribution in [0.3, 0.4) is 0 Å². The number of aliphatic imine (C=N–C) groups is 1. The molecule has 13 atom stereocenters. The fourth-order valence-corrected chi connectivity index (χ4v) is 19.4. The number of sulfonamides is 1. The molecule has 5 aliphatic rings. The summed E-state index contributed by atoms with van der Waals surface area (Å²) in [4.78, 5) is 128. The van der Waals surface area contributed by atoms with E-state index < -0.39 is 128 Å². The van der Waals surface area contributed by atoms with Gasteiger partial charge >= 0.3 is 5.97 Å². The maximum absolute atomic E-state index is 15.8. The second kappa shape index (κ2) is 38.7. The van der Waals surface area contributed by atoms with Crippen molar-refractivity contribution in [3.05, 3.63) is 142 Å². The van der Waals surface area contributed by atoms with E-state index in [1.54, 1.807) is 39.5 Å². The minimum absolute atomic E-state index is 0.00172. The largest absolute Gasteiger partial charge is 0.487 e. The summed E-state index contributed by atoms with van der Waals surface area (Å²) in [7, 11) is -4.17. The van der Waals surface area contributed by atoms with Crippen LogP contribution in [0.15, 0.2) is 113 Å². The van der Waals surface area contributed by atoms with Crippen LogP contribution in [0.1, 0.15) is 211 Å². The molecule has 2 aliphatic carbocycles. The number of nitrogens with one attached hydrogen (secondary N) is 6. The average molecular weight is 1580 g/mol. The molecule has 24 nitrogen and oxygen atoms in total. The van der Waals surface area contributed by atoms with Crippen molar-refractivity contribution in [2.45, 2.75) is 281 Å². The van der Waals surface area contributed by atoms with Crippen LogP contribution >= 0.6 is 11.8 Å². The number of likely N-dealkylation sites (tertiary alicyclic amines) is 2. The number of fused-ring (bicyclic) bond motifs is 2. The molecule has 9 rings (SSSR count). The normalized spacial score (nSPS) is 21.1. The lowest BCUT2D eigenvalue weighted by atomic mass is 9.84. The van der Waals surface area contributed by atoms with Gasteiger partial charge in [-0.25, -0.2) is 17.9 Å². The van der Waals surface area contributed by atoms with Gasteiger partial charge in [-0.1, -0.05) is 170 Å². The van der Waals surface area contributed by atoms with E-state index in [1.165, 1.54) is 16.7 Å². The summed E-state index contributed by atoms with van der Waals surface area (Å²) in [5.74, 6) is -5.31. The summed E-state index contributed by atoms with van der Waals surface area (Å²) in [6.07, 6.45) is 11.8. The lowest BCUT2D eigenvalue weighted by Crippen LogP contribution is -2.62. The standard InChI is InChI=1S/C86H123N11O13S2/c1-15-53(5)71(79(102)92-67(77(100)94-72(54(6)16-2)82(105)109-62-40-27-20-28-41-62)51-111-86(59-34-21-17-22-35-59,60-36-23-18-24-37-60)61-38-25-19-26-39-61)93-78(101)70-48-58-33-29-30-43-68(58)97(70)81(104)69-44-32-46-96(69)80(103)65(47-52(3)4)90-76(99)66(50-108-84(10,11)12)91-75(98)64(87)42-31-45-89-83(88)95-112(106,107)74-56(8)55(7)73-63(57(74)9)49-85(13,14)110-73/h17-27,34-39,52-54,58,62,64-72H,15-16,28-33,40-51,87H2,1-14H3,(H,90,99)(H,91,98)(H,92,102)(H,93,101)(H,94,100)(H3,88,89,95)/t53-,54-,58-,62?,64-,65-,66-,67-,68-,69-,70-,71-,72-/m0/s1. The van der Waals surface area contributed by atoms with Gasteiger partial charge in [0.2, 0.25) is 47.3 Å². The third-order valence-corrected chi connectivity index (χ3v) is 26.2. The summed E-state index contributed by atoms with van der Waals surface area (Å²) >= 11 is 1.47. The number of thioether (sulfide) groups is 1. The van der Waals surface area contributed by atoms with Gasteiger partial charge in [-0.05, 0) is 177 Å². The number of esters is 1. The Morgan fingerprint density at radius 1 is 0.696 bits per heavy atom.